The fourth-order valence-electron chi connectivity index (χ4n) is 4.02. The highest BCUT2D eigenvalue weighted by molar-refractivity contribution is 5.83. The van der Waals surface area contributed by atoms with E-state index in [9.17, 15) is 4.39 Å². The number of anilines is 2. The smallest absolute Gasteiger partial charge is 0.189 e. The van der Waals surface area contributed by atoms with Crippen LogP contribution in [-0.2, 0) is 0 Å². The van der Waals surface area contributed by atoms with E-state index in [0.29, 0.717) is 16.9 Å². The molecule has 31 heavy (non-hydrogen) atoms. The second-order valence-corrected chi connectivity index (χ2v) is 7.32. The van der Waals surface area contributed by atoms with Gasteiger partial charge in [-0.1, -0.05) is 29.5 Å². The van der Waals surface area contributed by atoms with Crippen molar-refractivity contribution >= 4 is 22.7 Å². The lowest BCUT2D eigenvalue weighted by Gasteiger charge is -2.25. The van der Waals surface area contributed by atoms with Crippen molar-refractivity contribution in [1.82, 2.24) is 25.0 Å². The van der Waals surface area contributed by atoms with Gasteiger partial charge in [0.25, 0.3) is 0 Å². The van der Waals surface area contributed by atoms with E-state index in [4.69, 9.17) is 4.74 Å². The molecule has 1 saturated heterocycles. The average molecular weight is 419 g/mol. The maximum atomic E-state index is 14.3. The summed E-state index contributed by atoms with van der Waals surface area (Å²) in [5.41, 5.74) is 2.45. The molecule has 1 aliphatic heterocycles. The number of hydrogen-bond acceptors (Lipinski definition) is 7. The summed E-state index contributed by atoms with van der Waals surface area (Å²) < 4.78 is 21.3. The highest BCUT2D eigenvalue weighted by Gasteiger charge is 2.23. The first-order valence-corrected chi connectivity index (χ1v) is 10.2. The summed E-state index contributed by atoms with van der Waals surface area (Å²) in [6, 6.07) is 14.5. The number of halogens is 1. The molecule has 2 aromatic heterocycles. The molecule has 5 rings (SSSR count). The van der Waals surface area contributed by atoms with Crippen molar-refractivity contribution < 1.29 is 9.13 Å². The second kappa shape index (κ2) is 8.17. The molecule has 4 aromatic rings. The van der Waals surface area contributed by atoms with Gasteiger partial charge < -0.3 is 14.5 Å². The zero-order chi connectivity index (χ0) is 21.2. The predicted octanol–water partition coefficient (Wildman–Crippen LogP) is 3.07. The van der Waals surface area contributed by atoms with Gasteiger partial charge in [0, 0.05) is 26.2 Å². The van der Waals surface area contributed by atoms with Crippen LogP contribution in [0.15, 0.2) is 54.9 Å². The van der Waals surface area contributed by atoms with E-state index in [-0.39, 0.29) is 5.82 Å². The standard InChI is InChI=1S/C22H22FN7O/c1-31-19-10-5-4-9-18(19)28-11-6-12-29(14-13-28)21-20-22(25-15-24-21)30(27-26-20)17-8-3-2-7-16(17)23/h2-5,7-10,15H,6,11-14H2,1H3. The van der Waals surface area contributed by atoms with E-state index >= 15 is 0 Å². The monoisotopic (exact) mass is 419 g/mol. The third-order valence-electron chi connectivity index (χ3n) is 5.52. The van der Waals surface area contributed by atoms with Crippen LogP contribution < -0.4 is 14.5 Å². The third-order valence-corrected chi connectivity index (χ3v) is 5.52. The van der Waals surface area contributed by atoms with E-state index in [1.807, 2.05) is 18.2 Å². The number of fused-ring (bicyclic) bond motifs is 1. The molecule has 9 heteroatoms. The molecule has 0 bridgehead atoms. The van der Waals surface area contributed by atoms with Crippen LogP contribution in [0.3, 0.4) is 0 Å². The Kier molecular flexibility index (Phi) is 5.07. The summed E-state index contributed by atoms with van der Waals surface area (Å²) in [4.78, 5) is 13.3. The van der Waals surface area contributed by atoms with E-state index in [0.717, 1.165) is 49.9 Å². The van der Waals surface area contributed by atoms with Gasteiger partial charge in [-0.3, -0.25) is 0 Å². The van der Waals surface area contributed by atoms with E-state index in [2.05, 4.69) is 36.1 Å². The molecule has 0 amide bonds. The molecule has 1 fully saturated rings. The lowest BCUT2D eigenvalue weighted by atomic mass is 10.2. The summed E-state index contributed by atoms with van der Waals surface area (Å²) in [5, 5.41) is 8.45. The van der Waals surface area contributed by atoms with Crippen LogP contribution in [0.4, 0.5) is 15.9 Å². The molecule has 0 aliphatic carbocycles. The normalized spacial score (nSPS) is 14.6. The number of ether oxygens (including phenoxy) is 1. The molecule has 158 valence electrons. The van der Waals surface area contributed by atoms with Gasteiger partial charge in [-0.2, -0.15) is 4.68 Å². The fraction of sp³-hybridized carbons (Fsp3) is 0.273. The van der Waals surface area contributed by atoms with E-state index in [1.54, 1.807) is 25.3 Å². The second-order valence-electron chi connectivity index (χ2n) is 7.32. The molecular weight excluding hydrogens is 397 g/mol. The molecule has 0 N–H and O–H groups in total. The number of methoxy groups -OCH3 is 1. The fourth-order valence-corrected chi connectivity index (χ4v) is 4.02. The Balaban J connectivity index is 1.45. The average Bonchev–Trinajstić information content (AvgIpc) is 3.09. The first kappa shape index (κ1) is 19.2. The molecule has 0 unspecified atom stereocenters. The van der Waals surface area contributed by atoms with Crippen molar-refractivity contribution in [2.75, 3.05) is 43.1 Å². The number of aromatic nitrogens is 5. The van der Waals surface area contributed by atoms with Crippen molar-refractivity contribution in [3.05, 3.63) is 60.7 Å². The van der Waals surface area contributed by atoms with Crippen LogP contribution in [-0.4, -0.2) is 58.3 Å². The van der Waals surface area contributed by atoms with Gasteiger partial charge in [0.05, 0.1) is 12.8 Å². The van der Waals surface area contributed by atoms with Crippen LogP contribution in [0.2, 0.25) is 0 Å². The Morgan fingerprint density at radius 3 is 2.45 bits per heavy atom. The third kappa shape index (κ3) is 3.52. The van der Waals surface area contributed by atoms with E-state index < -0.39 is 0 Å². The maximum Gasteiger partial charge on any atom is 0.189 e. The minimum atomic E-state index is -0.378. The van der Waals surface area contributed by atoms with Crippen molar-refractivity contribution in [1.29, 1.82) is 0 Å². The van der Waals surface area contributed by atoms with Crippen molar-refractivity contribution in [3.8, 4) is 11.4 Å². The highest BCUT2D eigenvalue weighted by Crippen LogP contribution is 2.30. The SMILES string of the molecule is COc1ccccc1N1CCCN(c2ncnc3c2nnn3-c2ccccc2F)CC1. The van der Waals surface area contributed by atoms with Crippen LogP contribution in [0.1, 0.15) is 6.42 Å². The summed E-state index contributed by atoms with van der Waals surface area (Å²) >= 11 is 0. The quantitative estimate of drug-likeness (QED) is 0.503. The zero-order valence-electron chi connectivity index (χ0n) is 17.1. The van der Waals surface area contributed by atoms with Gasteiger partial charge in [-0.05, 0) is 30.7 Å². The summed E-state index contributed by atoms with van der Waals surface area (Å²) in [7, 11) is 1.69. The maximum absolute atomic E-state index is 14.3. The largest absolute Gasteiger partial charge is 0.495 e. The van der Waals surface area contributed by atoms with Gasteiger partial charge in [-0.15, -0.1) is 5.10 Å². The van der Waals surface area contributed by atoms with Crippen LogP contribution in [0.5, 0.6) is 5.75 Å². The van der Waals surface area contributed by atoms with Crippen LogP contribution >= 0.6 is 0 Å². The minimum Gasteiger partial charge on any atom is -0.495 e. The van der Waals surface area contributed by atoms with Gasteiger partial charge >= 0.3 is 0 Å². The number of benzene rings is 2. The number of para-hydroxylation sites is 3. The van der Waals surface area contributed by atoms with Gasteiger partial charge in [0.1, 0.15) is 23.6 Å². The van der Waals surface area contributed by atoms with Crippen molar-refractivity contribution in [3.63, 3.8) is 0 Å². The van der Waals surface area contributed by atoms with Crippen LogP contribution in [0, 0.1) is 5.82 Å². The van der Waals surface area contributed by atoms with Crippen molar-refractivity contribution in [2.24, 2.45) is 0 Å². The Bertz CT molecular complexity index is 1210. The Morgan fingerprint density at radius 1 is 0.871 bits per heavy atom. The molecule has 8 nitrogen and oxygen atoms in total. The minimum absolute atomic E-state index is 0.313. The van der Waals surface area contributed by atoms with E-state index in [1.165, 1.54) is 17.1 Å². The Morgan fingerprint density at radius 2 is 1.61 bits per heavy atom. The molecule has 0 radical (unpaired) electrons. The zero-order valence-corrected chi connectivity index (χ0v) is 17.1. The van der Waals surface area contributed by atoms with Gasteiger partial charge in [-0.25, -0.2) is 14.4 Å². The Labute approximate surface area is 178 Å². The summed E-state index contributed by atoms with van der Waals surface area (Å²) in [6.07, 6.45) is 2.44. The Hall–Kier alpha value is -3.75. The lowest BCUT2D eigenvalue weighted by Crippen LogP contribution is -2.31. The molecule has 0 spiro atoms. The molecule has 0 saturated carbocycles. The first-order valence-electron chi connectivity index (χ1n) is 10.2. The van der Waals surface area contributed by atoms with Gasteiger partial charge in [0.2, 0.25) is 0 Å². The summed E-state index contributed by atoms with van der Waals surface area (Å²) in [5.74, 6) is 1.21. The molecule has 0 atom stereocenters. The van der Waals surface area contributed by atoms with Crippen LogP contribution in [0.25, 0.3) is 16.9 Å². The lowest BCUT2D eigenvalue weighted by molar-refractivity contribution is 0.414. The number of rotatable bonds is 4. The molecule has 3 heterocycles. The first-order chi connectivity index (χ1) is 15.3. The predicted molar refractivity (Wildman–Crippen MR) is 116 cm³/mol. The van der Waals surface area contributed by atoms with Gasteiger partial charge in [0.15, 0.2) is 17.0 Å². The molecule has 1 aliphatic rings. The summed E-state index contributed by atoms with van der Waals surface area (Å²) in [6.45, 7) is 3.31. The number of hydrogen-bond donors (Lipinski definition) is 0. The molecule has 2 aromatic carbocycles. The van der Waals surface area contributed by atoms with Crippen molar-refractivity contribution in [2.45, 2.75) is 6.42 Å². The highest BCUT2D eigenvalue weighted by atomic mass is 19.1. The number of nitrogens with zero attached hydrogens (tertiary/aromatic N) is 7. The molecular formula is C22H22FN7O. The topological polar surface area (TPSA) is 72.2 Å².